The summed E-state index contributed by atoms with van der Waals surface area (Å²) in [4.78, 5) is 3.12. The number of benzene rings is 3. The van der Waals surface area contributed by atoms with Crippen LogP contribution >= 0.6 is 0 Å². The van der Waals surface area contributed by atoms with Gasteiger partial charge in [0.15, 0.2) is 0 Å². The van der Waals surface area contributed by atoms with Crippen LogP contribution in [-0.4, -0.2) is 4.98 Å². The zero-order valence-corrected chi connectivity index (χ0v) is 13.1. The summed E-state index contributed by atoms with van der Waals surface area (Å²) in [6.45, 7) is 3.63. The molecule has 1 aromatic heterocycles. The maximum Gasteiger partial charge on any atom is 0.0453 e. The molecular weight excluding hydrogens is 278 g/mol. The highest BCUT2D eigenvalue weighted by Gasteiger charge is 1.86. The largest absolute Gasteiger partial charge is 0.361 e. The number of hydrogen-bond acceptors (Lipinski definition) is 0. The Morgan fingerprint density at radius 2 is 1.13 bits per heavy atom. The van der Waals surface area contributed by atoms with Crippen LogP contribution in [0.3, 0.4) is 0 Å². The van der Waals surface area contributed by atoms with E-state index in [1.807, 2.05) is 91.1 Å². The van der Waals surface area contributed by atoms with Gasteiger partial charge in [-0.05, 0) is 23.1 Å². The molecule has 1 heterocycles. The van der Waals surface area contributed by atoms with Gasteiger partial charge in [-0.3, -0.25) is 0 Å². The van der Waals surface area contributed by atoms with Crippen molar-refractivity contribution in [1.29, 1.82) is 0 Å². The fraction of sp³-hybridized carbons (Fsp3) is 0. The summed E-state index contributed by atoms with van der Waals surface area (Å²) in [5, 5.41) is 1.28. The second-order valence-electron chi connectivity index (χ2n) is 4.83. The van der Waals surface area contributed by atoms with Crippen molar-refractivity contribution in [3.8, 4) is 0 Å². The molecule has 0 radical (unpaired) electrons. The van der Waals surface area contributed by atoms with Gasteiger partial charge in [0.2, 0.25) is 0 Å². The maximum absolute atomic E-state index is 3.63. The molecule has 1 N–H and O–H groups in total. The number of hydrogen-bond donors (Lipinski definition) is 1. The molecule has 4 aromatic rings. The van der Waals surface area contributed by atoms with E-state index in [9.17, 15) is 0 Å². The first kappa shape index (κ1) is 16.3. The minimum absolute atomic E-state index is 1.17. The molecule has 0 aliphatic heterocycles. The summed E-state index contributed by atoms with van der Waals surface area (Å²) in [7, 11) is 0. The zero-order chi connectivity index (χ0) is 16.2. The first-order valence-corrected chi connectivity index (χ1v) is 7.60. The Morgan fingerprint density at radius 1 is 0.609 bits per heavy atom. The summed E-state index contributed by atoms with van der Waals surface area (Å²) in [5.41, 5.74) is 2.38. The van der Waals surface area contributed by atoms with E-state index >= 15 is 0 Å². The number of aromatic nitrogens is 1. The lowest BCUT2D eigenvalue weighted by Gasteiger charge is -1.85. The van der Waals surface area contributed by atoms with E-state index < -0.39 is 0 Å². The van der Waals surface area contributed by atoms with Crippen LogP contribution in [0.15, 0.2) is 110 Å². The Kier molecular flexibility index (Phi) is 6.95. The second-order valence-corrected chi connectivity index (χ2v) is 4.83. The third kappa shape index (κ3) is 6.06. The quantitative estimate of drug-likeness (QED) is 0.431. The molecule has 0 spiro atoms. The van der Waals surface area contributed by atoms with Crippen molar-refractivity contribution in [3.05, 3.63) is 115 Å². The molecule has 1 heteroatoms. The molecular formula is C22H21N. The van der Waals surface area contributed by atoms with Gasteiger partial charge in [0.05, 0.1) is 0 Å². The molecule has 23 heavy (non-hydrogen) atoms. The Hall–Kier alpha value is -3.06. The molecule has 0 unspecified atom stereocenters. The third-order valence-corrected chi connectivity index (χ3v) is 3.16. The van der Waals surface area contributed by atoms with Crippen molar-refractivity contribution < 1.29 is 0 Å². The highest BCUT2D eigenvalue weighted by Crippen LogP contribution is 2.09. The van der Waals surface area contributed by atoms with Gasteiger partial charge in [0.1, 0.15) is 0 Å². The van der Waals surface area contributed by atoms with Crippen LogP contribution in [-0.2, 0) is 0 Å². The highest BCUT2D eigenvalue weighted by molar-refractivity contribution is 5.78. The molecule has 0 amide bonds. The van der Waals surface area contributed by atoms with Gasteiger partial charge < -0.3 is 4.98 Å². The van der Waals surface area contributed by atoms with Gasteiger partial charge >= 0.3 is 0 Å². The monoisotopic (exact) mass is 299 g/mol. The molecule has 0 aliphatic rings. The average molecular weight is 299 g/mol. The topological polar surface area (TPSA) is 15.8 Å². The van der Waals surface area contributed by atoms with Crippen LogP contribution in [0.2, 0.25) is 0 Å². The summed E-state index contributed by atoms with van der Waals surface area (Å²) < 4.78 is 0. The van der Waals surface area contributed by atoms with Crippen molar-refractivity contribution >= 4 is 17.0 Å². The third-order valence-electron chi connectivity index (χ3n) is 3.16. The predicted octanol–water partition coefficient (Wildman–Crippen LogP) is 6.18. The smallest absolute Gasteiger partial charge is 0.0453 e. The van der Waals surface area contributed by atoms with E-state index in [-0.39, 0.29) is 0 Å². The Balaban J connectivity index is 0.000000128. The molecule has 0 atom stereocenters. The summed E-state index contributed by atoms with van der Waals surface area (Å²) >= 11 is 0. The summed E-state index contributed by atoms with van der Waals surface area (Å²) in [6, 6.07) is 32.3. The van der Waals surface area contributed by atoms with Crippen molar-refractivity contribution in [2.75, 3.05) is 0 Å². The fourth-order valence-corrected chi connectivity index (χ4v) is 1.97. The van der Waals surface area contributed by atoms with Gasteiger partial charge in [0, 0.05) is 11.7 Å². The van der Waals surface area contributed by atoms with Gasteiger partial charge in [-0.2, -0.15) is 0 Å². The molecule has 0 fully saturated rings. The maximum atomic E-state index is 3.63. The van der Waals surface area contributed by atoms with E-state index in [0.717, 1.165) is 0 Å². The molecule has 0 aliphatic carbocycles. The van der Waals surface area contributed by atoms with Crippen LogP contribution in [0.5, 0.6) is 0 Å². The molecule has 4 rings (SSSR count). The van der Waals surface area contributed by atoms with Crippen molar-refractivity contribution in [2.45, 2.75) is 0 Å². The lowest BCUT2D eigenvalue weighted by molar-refractivity contribution is 1.48. The minimum atomic E-state index is 1.17. The standard InChI is InChI=1S/C8H7N.C8H8.C6H6/c1-2-4-8-7(3-1)5-6-9-8;1-2-8-6-4-3-5-7-8;1-2-4-6-5-3-1/h1-6,9H;2-7H,1H2;1-6H. The lowest BCUT2D eigenvalue weighted by Crippen LogP contribution is -1.63. The number of rotatable bonds is 1. The number of fused-ring (bicyclic) bond motifs is 1. The zero-order valence-electron chi connectivity index (χ0n) is 13.1. The van der Waals surface area contributed by atoms with Gasteiger partial charge in [0.25, 0.3) is 0 Å². The van der Waals surface area contributed by atoms with E-state index in [4.69, 9.17) is 0 Å². The van der Waals surface area contributed by atoms with Crippen LogP contribution in [0.1, 0.15) is 5.56 Å². The lowest BCUT2D eigenvalue weighted by atomic mass is 10.2. The van der Waals surface area contributed by atoms with Crippen molar-refractivity contribution in [2.24, 2.45) is 0 Å². The Labute approximate surface area is 137 Å². The number of aromatic amines is 1. The molecule has 0 bridgehead atoms. The van der Waals surface area contributed by atoms with E-state index in [0.29, 0.717) is 0 Å². The Morgan fingerprint density at radius 3 is 1.65 bits per heavy atom. The minimum Gasteiger partial charge on any atom is -0.361 e. The predicted molar refractivity (Wildman–Crippen MR) is 101 cm³/mol. The van der Waals surface area contributed by atoms with Crippen LogP contribution in [0, 0.1) is 0 Å². The van der Waals surface area contributed by atoms with Crippen molar-refractivity contribution in [1.82, 2.24) is 4.98 Å². The molecule has 114 valence electrons. The van der Waals surface area contributed by atoms with E-state index in [2.05, 4.69) is 29.8 Å². The van der Waals surface area contributed by atoms with Gasteiger partial charge in [-0.25, -0.2) is 0 Å². The van der Waals surface area contributed by atoms with E-state index in [1.165, 1.54) is 16.5 Å². The van der Waals surface area contributed by atoms with Crippen LogP contribution in [0.25, 0.3) is 17.0 Å². The number of H-pyrrole nitrogens is 1. The van der Waals surface area contributed by atoms with E-state index in [1.54, 1.807) is 0 Å². The van der Waals surface area contributed by atoms with Gasteiger partial charge in [-0.1, -0.05) is 97.6 Å². The average Bonchev–Trinajstić information content (AvgIpc) is 3.14. The molecule has 3 aromatic carbocycles. The normalized spacial score (nSPS) is 9.04. The second kappa shape index (κ2) is 9.80. The van der Waals surface area contributed by atoms with Gasteiger partial charge in [-0.15, -0.1) is 0 Å². The van der Waals surface area contributed by atoms with Crippen molar-refractivity contribution in [3.63, 3.8) is 0 Å². The first-order valence-electron chi connectivity index (χ1n) is 7.60. The molecule has 1 nitrogen and oxygen atoms in total. The summed E-state index contributed by atoms with van der Waals surface area (Å²) in [6.07, 6.45) is 3.78. The van der Waals surface area contributed by atoms with Crippen LogP contribution in [0.4, 0.5) is 0 Å². The number of para-hydroxylation sites is 1. The Bertz CT molecular complexity index is 729. The summed E-state index contributed by atoms with van der Waals surface area (Å²) in [5.74, 6) is 0. The van der Waals surface area contributed by atoms with Crippen LogP contribution < -0.4 is 0 Å². The molecule has 0 saturated heterocycles. The molecule has 0 saturated carbocycles. The number of nitrogens with one attached hydrogen (secondary N) is 1. The fourth-order valence-electron chi connectivity index (χ4n) is 1.97. The SMILES string of the molecule is C=Cc1ccccc1.c1ccc2[nH]ccc2c1.c1ccccc1. The highest BCUT2D eigenvalue weighted by atomic mass is 14.6. The first-order chi connectivity index (χ1) is 11.4.